The zero-order valence-corrected chi connectivity index (χ0v) is 10.1. The Morgan fingerprint density at radius 1 is 1.47 bits per heavy atom. The quantitative estimate of drug-likeness (QED) is 0.703. The maximum Gasteiger partial charge on any atom is 0.222 e. The number of carbonyl (C=O) groups excluding carboxylic acids is 1. The van der Waals surface area contributed by atoms with Crippen LogP contribution in [0.4, 0.5) is 0 Å². The zero-order valence-electron chi connectivity index (χ0n) is 10.1. The number of nitrogens with one attached hydrogen (secondary N) is 1. The van der Waals surface area contributed by atoms with Gasteiger partial charge in [-0.2, -0.15) is 0 Å². The van der Waals surface area contributed by atoms with E-state index >= 15 is 0 Å². The second kappa shape index (κ2) is 6.83. The molecule has 1 amide bonds. The van der Waals surface area contributed by atoms with E-state index in [0.29, 0.717) is 11.8 Å². The molecule has 1 rings (SSSR count). The molecule has 3 nitrogen and oxygen atoms in total. The second-order valence-electron chi connectivity index (χ2n) is 4.52. The van der Waals surface area contributed by atoms with Crippen molar-refractivity contribution in [1.29, 1.82) is 0 Å². The van der Waals surface area contributed by atoms with Crippen LogP contribution in [-0.4, -0.2) is 37.0 Å². The Morgan fingerprint density at radius 2 is 2.27 bits per heavy atom. The lowest BCUT2D eigenvalue weighted by Gasteiger charge is -2.20. The van der Waals surface area contributed by atoms with E-state index in [2.05, 4.69) is 19.2 Å². The molecule has 0 aromatic carbocycles. The summed E-state index contributed by atoms with van der Waals surface area (Å²) in [6.45, 7) is 8.29. The predicted molar refractivity (Wildman–Crippen MR) is 62.8 cm³/mol. The highest BCUT2D eigenvalue weighted by Gasteiger charge is 2.19. The van der Waals surface area contributed by atoms with Gasteiger partial charge in [0.1, 0.15) is 0 Å². The minimum absolute atomic E-state index is 0.357. The Morgan fingerprint density at radius 3 is 3.00 bits per heavy atom. The standard InChI is InChI=1S/C12H24N2O/c1-3-13-8-4-9-14-10-7-11(2)5-6-12(14)15/h11,13H,3-10H2,1-2H3. The fourth-order valence-electron chi connectivity index (χ4n) is 1.98. The monoisotopic (exact) mass is 212 g/mol. The van der Waals surface area contributed by atoms with Crippen LogP contribution in [-0.2, 0) is 4.79 Å². The van der Waals surface area contributed by atoms with E-state index in [9.17, 15) is 4.79 Å². The smallest absolute Gasteiger partial charge is 0.222 e. The van der Waals surface area contributed by atoms with Crippen molar-refractivity contribution in [3.63, 3.8) is 0 Å². The lowest BCUT2D eigenvalue weighted by atomic mass is 10.0. The molecule has 1 fully saturated rings. The molecule has 1 heterocycles. The van der Waals surface area contributed by atoms with E-state index in [4.69, 9.17) is 0 Å². The first-order valence-corrected chi connectivity index (χ1v) is 6.22. The predicted octanol–water partition coefficient (Wildman–Crippen LogP) is 1.63. The maximum atomic E-state index is 11.7. The van der Waals surface area contributed by atoms with Crippen molar-refractivity contribution in [2.75, 3.05) is 26.2 Å². The molecule has 88 valence electrons. The molecule has 0 aromatic rings. The highest BCUT2D eigenvalue weighted by atomic mass is 16.2. The van der Waals surface area contributed by atoms with Gasteiger partial charge in [0.2, 0.25) is 5.91 Å². The summed E-state index contributed by atoms with van der Waals surface area (Å²) in [4.78, 5) is 13.8. The second-order valence-corrected chi connectivity index (χ2v) is 4.52. The van der Waals surface area contributed by atoms with E-state index in [1.165, 1.54) is 6.42 Å². The van der Waals surface area contributed by atoms with Crippen molar-refractivity contribution in [3.05, 3.63) is 0 Å². The van der Waals surface area contributed by atoms with Gasteiger partial charge in [-0.1, -0.05) is 13.8 Å². The summed E-state index contributed by atoms with van der Waals surface area (Å²) in [7, 11) is 0. The number of hydrogen-bond donors (Lipinski definition) is 1. The molecule has 0 aromatic heterocycles. The molecule has 0 spiro atoms. The molecule has 15 heavy (non-hydrogen) atoms. The number of hydrogen-bond acceptors (Lipinski definition) is 2. The van der Waals surface area contributed by atoms with Crippen LogP contribution in [0.2, 0.25) is 0 Å². The van der Waals surface area contributed by atoms with Crippen LogP contribution >= 0.6 is 0 Å². The molecule has 0 bridgehead atoms. The van der Waals surface area contributed by atoms with Gasteiger partial charge in [0, 0.05) is 19.5 Å². The fourth-order valence-corrected chi connectivity index (χ4v) is 1.98. The van der Waals surface area contributed by atoms with Crippen molar-refractivity contribution >= 4 is 5.91 Å². The number of likely N-dealkylation sites (tertiary alicyclic amines) is 1. The number of carbonyl (C=O) groups is 1. The number of amides is 1. The van der Waals surface area contributed by atoms with Gasteiger partial charge in [-0.3, -0.25) is 4.79 Å². The Labute approximate surface area is 93.2 Å². The highest BCUT2D eigenvalue weighted by Crippen LogP contribution is 2.17. The average Bonchev–Trinajstić information content (AvgIpc) is 2.38. The molecule has 1 N–H and O–H groups in total. The summed E-state index contributed by atoms with van der Waals surface area (Å²) >= 11 is 0. The van der Waals surface area contributed by atoms with E-state index in [1.807, 2.05) is 4.90 Å². The van der Waals surface area contributed by atoms with Gasteiger partial charge in [0.15, 0.2) is 0 Å². The normalized spacial score (nSPS) is 22.9. The Balaban J connectivity index is 2.23. The largest absolute Gasteiger partial charge is 0.343 e. The van der Waals surface area contributed by atoms with Gasteiger partial charge in [0.05, 0.1) is 0 Å². The van der Waals surface area contributed by atoms with Gasteiger partial charge in [-0.15, -0.1) is 0 Å². The Kier molecular flexibility index (Phi) is 5.69. The van der Waals surface area contributed by atoms with Crippen LogP contribution in [0.1, 0.15) is 39.5 Å². The first kappa shape index (κ1) is 12.5. The first-order chi connectivity index (χ1) is 7.24. The molecule has 0 radical (unpaired) electrons. The molecule has 0 saturated carbocycles. The van der Waals surface area contributed by atoms with Crippen LogP contribution in [0.15, 0.2) is 0 Å². The van der Waals surface area contributed by atoms with E-state index in [1.54, 1.807) is 0 Å². The van der Waals surface area contributed by atoms with Crippen LogP contribution < -0.4 is 5.32 Å². The molecule has 1 aliphatic rings. The van der Waals surface area contributed by atoms with Gasteiger partial charge >= 0.3 is 0 Å². The number of rotatable bonds is 5. The summed E-state index contributed by atoms with van der Waals surface area (Å²) in [6.07, 6.45) is 4.08. The Hall–Kier alpha value is -0.570. The molecular formula is C12H24N2O. The molecular weight excluding hydrogens is 188 g/mol. The van der Waals surface area contributed by atoms with Crippen molar-refractivity contribution < 1.29 is 4.79 Å². The van der Waals surface area contributed by atoms with Crippen LogP contribution in [0.25, 0.3) is 0 Å². The average molecular weight is 212 g/mol. The summed E-state index contributed by atoms with van der Waals surface area (Å²) in [5.74, 6) is 1.07. The van der Waals surface area contributed by atoms with Crippen LogP contribution in [0.3, 0.4) is 0 Å². The summed E-state index contributed by atoms with van der Waals surface area (Å²) in [5.41, 5.74) is 0. The third-order valence-electron chi connectivity index (χ3n) is 3.13. The van der Waals surface area contributed by atoms with E-state index in [0.717, 1.165) is 45.4 Å². The topological polar surface area (TPSA) is 32.3 Å². The van der Waals surface area contributed by atoms with Gasteiger partial charge in [-0.05, 0) is 38.3 Å². The lowest BCUT2D eigenvalue weighted by Crippen LogP contribution is -2.33. The number of nitrogens with zero attached hydrogens (tertiary/aromatic N) is 1. The molecule has 1 unspecified atom stereocenters. The van der Waals surface area contributed by atoms with Crippen molar-refractivity contribution in [1.82, 2.24) is 10.2 Å². The van der Waals surface area contributed by atoms with Gasteiger partial charge in [-0.25, -0.2) is 0 Å². The maximum absolute atomic E-state index is 11.7. The van der Waals surface area contributed by atoms with Crippen molar-refractivity contribution in [2.45, 2.75) is 39.5 Å². The Bertz CT molecular complexity index is 194. The fraction of sp³-hybridized carbons (Fsp3) is 0.917. The van der Waals surface area contributed by atoms with Crippen LogP contribution in [0.5, 0.6) is 0 Å². The van der Waals surface area contributed by atoms with Crippen molar-refractivity contribution in [3.8, 4) is 0 Å². The van der Waals surface area contributed by atoms with Gasteiger partial charge < -0.3 is 10.2 Å². The van der Waals surface area contributed by atoms with Crippen molar-refractivity contribution in [2.24, 2.45) is 5.92 Å². The summed E-state index contributed by atoms with van der Waals surface area (Å²) in [5, 5.41) is 3.29. The molecule has 0 aliphatic carbocycles. The van der Waals surface area contributed by atoms with Gasteiger partial charge in [0.25, 0.3) is 0 Å². The first-order valence-electron chi connectivity index (χ1n) is 6.22. The third-order valence-corrected chi connectivity index (χ3v) is 3.13. The third kappa shape index (κ3) is 4.65. The summed E-state index contributed by atoms with van der Waals surface area (Å²) < 4.78 is 0. The molecule has 1 aliphatic heterocycles. The van der Waals surface area contributed by atoms with E-state index < -0.39 is 0 Å². The molecule has 1 saturated heterocycles. The zero-order chi connectivity index (χ0) is 11.1. The minimum atomic E-state index is 0.357. The summed E-state index contributed by atoms with van der Waals surface area (Å²) in [6, 6.07) is 0. The van der Waals surface area contributed by atoms with E-state index in [-0.39, 0.29) is 0 Å². The minimum Gasteiger partial charge on any atom is -0.343 e. The SMILES string of the molecule is CCNCCCN1CCC(C)CCC1=O. The molecule has 3 heteroatoms. The molecule has 1 atom stereocenters. The highest BCUT2D eigenvalue weighted by molar-refractivity contribution is 5.76. The lowest BCUT2D eigenvalue weighted by molar-refractivity contribution is -0.130. The van der Waals surface area contributed by atoms with Crippen LogP contribution in [0, 0.1) is 5.92 Å².